The molecular weight excluding hydrogens is 420 g/mol. The molecule has 0 fully saturated rings. The average Bonchev–Trinajstić information content (AvgIpc) is 3.11. The van der Waals surface area contributed by atoms with E-state index in [0.717, 1.165) is 6.42 Å². The molecule has 0 radical (unpaired) electrons. The van der Waals surface area contributed by atoms with E-state index >= 15 is 0 Å². The number of para-hydroxylation sites is 2. The summed E-state index contributed by atoms with van der Waals surface area (Å²) < 4.78 is 12.4. The number of hydrogen-bond acceptors (Lipinski definition) is 7. The van der Waals surface area contributed by atoms with Gasteiger partial charge in [-0.25, -0.2) is 19.6 Å². The van der Waals surface area contributed by atoms with Gasteiger partial charge in [-0.1, -0.05) is 26.0 Å². The Morgan fingerprint density at radius 1 is 1.00 bits per heavy atom. The molecule has 4 rings (SSSR count). The molecular formula is C25H26N4O4. The van der Waals surface area contributed by atoms with Crippen LogP contribution < -0.4 is 5.73 Å². The number of nitrogens with two attached hydrogens (primary N) is 1. The van der Waals surface area contributed by atoms with E-state index in [1.165, 1.54) is 0 Å². The van der Waals surface area contributed by atoms with Crippen molar-refractivity contribution in [3.05, 3.63) is 59.7 Å². The van der Waals surface area contributed by atoms with Crippen LogP contribution in [-0.2, 0) is 9.47 Å². The highest BCUT2D eigenvalue weighted by Gasteiger charge is 2.27. The molecule has 0 saturated heterocycles. The maximum atomic E-state index is 13.0. The zero-order valence-corrected chi connectivity index (χ0v) is 18.9. The van der Waals surface area contributed by atoms with Gasteiger partial charge in [-0.2, -0.15) is 0 Å². The van der Waals surface area contributed by atoms with E-state index in [1.54, 1.807) is 28.8 Å². The van der Waals surface area contributed by atoms with E-state index in [0.29, 0.717) is 46.5 Å². The van der Waals surface area contributed by atoms with Gasteiger partial charge in [0.05, 0.1) is 29.3 Å². The van der Waals surface area contributed by atoms with Gasteiger partial charge >= 0.3 is 11.9 Å². The zero-order chi connectivity index (χ0) is 23.5. The number of anilines is 1. The second-order valence-electron chi connectivity index (χ2n) is 7.79. The minimum atomic E-state index is -0.546. The molecule has 1 atom stereocenters. The first kappa shape index (κ1) is 22.3. The third-order valence-electron chi connectivity index (χ3n) is 5.38. The van der Waals surface area contributed by atoms with Crippen molar-refractivity contribution < 1.29 is 19.1 Å². The molecule has 8 heteroatoms. The lowest BCUT2D eigenvalue weighted by Crippen LogP contribution is -2.15. The number of aromatic nitrogens is 3. The molecule has 2 aromatic carbocycles. The van der Waals surface area contributed by atoms with E-state index in [9.17, 15) is 9.59 Å². The van der Waals surface area contributed by atoms with Gasteiger partial charge in [-0.05, 0) is 56.2 Å². The molecule has 0 aliphatic rings. The van der Waals surface area contributed by atoms with Gasteiger partial charge in [0, 0.05) is 5.69 Å². The largest absolute Gasteiger partial charge is 0.462 e. The molecule has 0 bridgehead atoms. The van der Waals surface area contributed by atoms with Crippen LogP contribution in [0.15, 0.2) is 48.5 Å². The van der Waals surface area contributed by atoms with Crippen LogP contribution in [0.1, 0.15) is 54.3 Å². The zero-order valence-electron chi connectivity index (χ0n) is 18.9. The molecule has 0 amide bonds. The van der Waals surface area contributed by atoms with E-state index in [2.05, 4.69) is 4.98 Å². The Morgan fingerprint density at radius 3 is 2.30 bits per heavy atom. The average molecular weight is 447 g/mol. The van der Waals surface area contributed by atoms with Crippen LogP contribution in [0, 0.1) is 0 Å². The number of ether oxygens (including phenoxy) is 2. The Balaban J connectivity index is 1.87. The third-order valence-corrected chi connectivity index (χ3v) is 5.38. The van der Waals surface area contributed by atoms with Crippen molar-refractivity contribution in [1.29, 1.82) is 0 Å². The number of rotatable bonds is 7. The van der Waals surface area contributed by atoms with Crippen molar-refractivity contribution in [3.63, 3.8) is 0 Å². The fraction of sp³-hybridized carbons (Fsp3) is 0.280. The van der Waals surface area contributed by atoms with Gasteiger partial charge in [0.1, 0.15) is 16.9 Å². The summed E-state index contributed by atoms with van der Waals surface area (Å²) in [5.74, 6) is -0.762. The first-order valence-corrected chi connectivity index (χ1v) is 11.0. The van der Waals surface area contributed by atoms with Crippen molar-refractivity contribution in [2.75, 3.05) is 12.3 Å². The van der Waals surface area contributed by atoms with Crippen molar-refractivity contribution in [2.45, 2.75) is 39.7 Å². The summed E-state index contributed by atoms with van der Waals surface area (Å²) in [6.07, 6.45) is 1.16. The van der Waals surface area contributed by atoms with Crippen LogP contribution in [0.3, 0.4) is 0 Å². The van der Waals surface area contributed by atoms with Crippen LogP contribution in [0.4, 0.5) is 5.82 Å². The lowest BCUT2D eigenvalue weighted by molar-refractivity contribution is 0.0337. The van der Waals surface area contributed by atoms with Crippen LogP contribution in [0.2, 0.25) is 0 Å². The summed E-state index contributed by atoms with van der Waals surface area (Å²) in [6, 6.07) is 14.2. The van der Waals surface area contributed by atoms with Gasteiger partial charge in [0.25, 0.3) is 0 Å². The SMILES string of the molecule is CCCOC(=O)c1ccc(-n2c(N)c(C(=O)O[C@@H](C)CC)c3nc4ccccc4nc32)cc1. The molecule has 170 valence electrons. The van der Waals surface area contributed by atoms with Gasteiger partial charge in [-0.3, -0.25) is 4.57 Å². The fourth-order valence-electron chi connectivity index (χ4n) is 3.47. The minimum absolute atomic E-state index is 0.176. The molecule has 0 aliphatic heterocycles. The highest BCUT2D eigenvalue weighted by molar-refractivity contribution is 6.09. The topological polar surface area (TPSA) is 109 Å². The van der Waals surface area contributed by atoms with Crippen LogP contribution in [0.25, 0.3) is 27.9 Å². The maximum absolute atomic E-state index is 13.0. The summed E-state index contributed by atoms with van der Waals surface area (Å²) >= 11 is 0. The number of nitrogen functional groups attached to an aromatic ring is 1. The third kappa shape index (κ3) is 4.24. The normalized spacial score (nSPS) is 12.1. The molecule has 2 heterocycles. The standard InChI is InChI=1S/C25H26N4O4/c1-4-14-32-24(30)16-10-12-17(13-11-16)29-22(26)20(25(31)33-15(3)5-2)21-23(29)28-19-9-7-6-8-18(19)27-21/h6-13,15H,4-5,14,26H2,1-3H3/t15-/m0/s1. The quantitative estimate of drug-likeness (QED) is 0.411. The van der Waals surface area contributed by atoms with Crippen LogP contribution >= 0.6 is 0 Å². The van der Waals surface area contributed by atoms with Crippen LogP contribution in [0.5, 0.6) is 0 Å². The van der Waals surface area contributed by atoms with Gasteiger partial charge in [0.2, 0.25) is 0 Å². The Hall–Kier alpha value is -3.94. The van der Waals surface area contributed by atoms with E-state index < -0.39 is 11.9 Å². The highest BCUT2D eigenvalue weighted by Crippen LogP contribution is 2.32. The van der Waals surface area contributed by atoms with Crippen molar-refractivity contribution in [1.82, 2.24) is 14.5 Å². The Bertz CT molecular complexity index is 1330. The number of nitrogens with zero attached hydrogens (tertiary/aromatic N) is 3. The first-order chi connectivity index (χ1) is 15.9. The van der Waals surface area contributed by atoms with Crippen LogP contribution in [-0.4, -0.2) is 39.2 Å². The number of fused-ring (bicyclic) bond motifs is 2. The maximum Gasteiger partial charge on any atom is 0.344 e. The predicted molar refractivity (Wildman–Crippen MR) is 127 cm³/mol. The minimum Gasteiger partial charge on any atom is -0.462 e. The molecule has 8 nitrogen and oxygen atoms in total. The first-order valence-electron chi connectivity index (χ1n) is 11.0. The Labute approximate surface area is 191 Å². The molecule has 2 aromatic heterocycles. The molecule has 0 spiro atoms. The smallest absolute Gasteiger partial charge is 0.344 e. The second kappa shape index (κ2) is 9.28. The fourth-order valence-corrected chi connectivity index (χ4v) is 3.47. The lowest BCUT2D eigenvalue weighted by atomic mass is 10.2. The number of carbonyl (C=O) groups is 2. The van der Waals surface area contributed by atoms with Gasteiger partial charge in [0.15, 0.2) is 5.65 Å². The number of carbonyl (C=O) groups excluding carboxylic acids is 2. The highest BCUT2D eigenvalue weighted by atomic mass is 16.5. The molecule has 0 saturated carbocycles. The number of hydrogen-bond donors (Lipinski definition) is 1. The predicted octanol–water partition coefficient (Wildman–Crippen LogP) is 4.68. The number of benzene rings is 2. The summed E-state index contributed by atoms with van der Waals surface area (Å²) in [5.41, 5.74) is 9.84. The van der Waals surface area contributed by atoms with Crippen molar-refractivity contribution in [3.8, 4) is 5.69 Å². The molecule has 33 heavy (non-hydrogen) atoms. The van der Waals surface area contributed by atoms with E-state index in [4.69, 9.17) is 20.2 Å². The summed E-state index contributed by atoms with van der Waals surface area (Å²) in [5, 5.41) is 0. The monoisotopic (exact) mass is 446 g/mol. The Morgan fingerprint density at radius 2 is 1.67 bits per heavy atom. The molecule has 0 aliphatic carbocycles. The second-order valence-corrected chi connectivity index (χ2v) is 7.79. The summed E-state index contributed by atoms with van der Waals surface area (Å²) in [6.45, 7) is 6.06. The van der Waals surface area contributed by atoms with Crippen molar-refractivity contribution >= 4 is 40.0 Å². The Kier molecular flexibility index (Phi) is 6.26. The summed E-state index contributed by atoms with van der Waals surface area (Å²) in [4.78, 5) is 34.6. The summed E-state index contributed by atoms with van der Waals surface area (Å²) in [7, 11) is 0. The molecule has 0 unspecified atom stereocenters. The van der Waals surface area contributed by atoms with Crippen molar-refractivity contribution in [2.24, 2.45) is 0 Å². The van der Waals surface area contributed by atoms with E-state index in [-0.39, 0.29) is 17.5 Å². The van der Waals surface area contributed by atoms with E-state index in [1.807, 2.05) is 45.0 Å². The van der Waals surface area contributed by atoms with Gasteiger partial charge in [-0.15, -0.1) is 0 Å². The number of esters is 2. The lowest BCUT2D eigenvalue weighted by Gasteiger charge is -2.11. The molecule has 2 N–H and O–H groups in total. The molecule has 4 aromatic rings. The van der Waals surface area contributed by atoms with Gasteiger partial charge < -0.3 is 15.2 Å².